The first kappa shape index (κ1) is 15.3. The number of nitrogens with zero attached hydrogens (tertiary/aromatic N) is 2. The van der Waals surface area contributed by atoms with Gasteiger partial charge in [0, 0.05) is 16.7 Å². The Hall–Kier alpha value is -2.64. The van der Waals surface area contributed by atoms with Crippen molar-refractivity contribution < 1.29 is 4.74 Å². The Bertz CT molecular complexity index is 886. The van der Waals surface area contributed by atoms with Crippen molar-refractivity contribution in [3.05, 3.63) is 70.8 Å². The Morgan fingerprint density at radius 3 is 2.39 bits per heavy atom. The van der Waals surface area contributed by atoms with Crippen molar-refractivity contribution in [1.29, 1.82) is 5.26 Å². The first-order valence-corrected chi connectivity index (χ1v) is 7.83. The summed E-state index contributed by atoms with van der Waals surface area (Å²) in [6, 6.07) is 21.7. The molecule has 0 unspecified atom stereocenters. The molecule has 0 aliphatic carbocycles. The molecule has 1 heterocycles. The van der Waals surface area contributed by atoms with Crippen molar-refractivity contribution in [2.24, 2.45) is 0 Å². The molecule has 23 heavy (non-hydrogen) atoms. The van der Waals surface area contributed by atoms with Crippen LogP contribution in [0.5, 0.6) is 5.75 Å². The normalized spacial score (nSPS) is 10.1. The van der Waals surface area contributed by atoms with Crippen LogP contribution >= 0.6 is 15.9 Å². The minimum atomic E-state index is 0.495. The number of methoxy groups -OCH3 is 1. The average Bonchev–Trinajstić information content (AvgIpc) is 2.61. The number of aromatic nitrogens is 1. The average molecular weight is 365 g/mol. The lowest BCUT2D eigenvalue weighted by molar-refractivity contribution is 0.416. The molecule has 0 aliphatic heterocycles. The zero-order valence-electron chi connectivity index (χ0n) is 12.5. The van der Waals surface area contributed by atoms with Crippen molar-refractivity contribution in [3.63, 3.8) is 0 Å². The Morgan fingerprint density at radius 1 is 1.00 bits per heavy atom. The fraction of sp³-hybridized carbons (Fsp3) is 0.0526. The molecule has 2 aromatic carbocycles. The van der Waals surface area contributed by atoms with Crippen LogP contribution in [0.15, 0.2) is 65.3 Å². The Kier molecular flexibility index (Phi) is 4.40. The molecule has 0 saturated heterocycles. The van der Waals surface area contributed by atoms with E-state index in [4.69, 9.17) is 4.74 Å². The van der Waals surface area contributed by atoms with Gasteiger partial charge < -0.3 is 4.74 Å². The van der Waals surface area contributed by atoms with Crippen molar-refractivity contribution in [2.45, 2.75) is 0 Å². The molecule has 0 fully saturated rings. The SMILES string of the molecule is COc1ccccc1-c1cc(-c2ccccc2)nc(Br)c1C#N. The summed E-state index contributed by atoms with van der Waals surface area (Å²) in [7, 11) is 1.62. The van der Waals surface area contributed by atoms with E-state index in [1.165, 1.54) is 0 Å². The summed E-state index contributed by atoms with van der Waals surface area (Å²) in [4.78, 5) is 4.51. The highest BCUT2D eigenvalue weighted by Crippen LogP contribution is 2.36. The van der Waals surface area contributed by atoms with E-state index < -0.39 is 0 Å². The number of hydrogen-bond acceptors (Lipinski definition) is 3. The van der Waals surface area contributed by atoms with Gasteiger partial charge in [0.15, 0.2) is 0 Å². The van der Waals surface area contributed by atoms with Gasteiger partial charge in [-0.05, 0) is 28.1 Å². The Balaban J connectivity index is 2.27. The van der Waals surface area contributed by atoms with Crippen LogP contribution in [0.3, 0.4) is 0 Å². The van der Waals surface area contributed by atoms with Crippen molar-refractivity contribution >= 4 is 15.9 Å². The second-order valence-corrected chi connectivity index (χ2v) is 5.65. The number of para-hydroxylation sites is 1. The molecule has 0 aliphatic rings. The third-order valence-electron chi connectivity index (χ3n) is 3.55. The predicted molar refractivity (Wildman–Crippen MR) is 94.1 cm³/mol. The van der Waals surface area contributed by atoms with E-state index in [2.05, 4.69) is 27.0 Å². The monoisotopic (exact) mass is 364 g/mol. The highest BCUT2D eigenvalue weighted by molar-refractivity contribution is 9.10. The lowest BCUT2D eigenvalue weighted by Crippen LogP contribution is -1.95. The number of ether oxygens (including phenoxy) is 1. The molecular formula is C19H13BrN2O. The fourth-order valence-electron chi connectivity index (χ4n) is 2.46. The second kappa shape index (κ2) is 6.64. The molecule has 3 nitrogen and oxygen atoms in total. The van der Waals surface area contributed by atoms with Crippen LogP contribution < -0.4 is 4.74 Å². The van der Waals surface area contributed by atoms with Gasteiger partial charge in [0.1, 0.15) is 16.4 Å². The number of nitriles is 1. The van der Waals surface area contributed by atoms with Gasteiger partial charge in [-0.2, -0.15) is 5.26 Å². The molecule has 4 heteroatoms. The molecule has 0 atom stereocenters. The number of hydrogen-bond donors (Lipinski definition) is 0. The van der Waals surface area contributed by atoms with E-state index in [1.54, 1.807) is 7.11 Å². The molecule has 3 aromatic rings. The van der Waals surface area contributed by atoms with Gasteiger partial charge in [-0.15, -0.1) is 0 Å². The van der Waals surface area contributed by atoms with E-state index in [-0.39, 0.29) is 0 Å². The van der Waals surface area contributed by atoms with Gasteiger partial charge in [0.2, 0.25) is 0 Å². The van der Waals surface area contributed by atoms with E-state index in [1.807, 2.05) is 60.7 Å². The highest BCUT2D eigenvalue weighted by atomic mass is 79.9. The largest absolute Gasteiger partial charge is 0.496 e. The van der Waals surface area contributed by atoms with Crippen LogP contribution in [-0.2, 0) is 0 Å². The fourth-order valence-corrected chi connectivity index (χ4v) is 2.95. The number of halogens is 1. The van der Waals surface area contributed by atoms with Crippen molar-refractivity contribution in [1.82, 2.24) is 4.98 Å². The van der Waals surface area contributed by atoms with Crippen LogP contribution in [0.1, 0.15) is 5.56 Å². The van der Waals surface area contributed by atoms with Gasteiger partial charge >= 0.3 is 0 Å². The molecule has 0 amide bonds. The minimum absolute atomic E-state index is 0.495. The molecular weight excluding hydrogens is 352 g/mol. The number of benzene rings is 2. The quantitative estimate of drug-likeness (QED) is 0.610. The van der Waals surface area contributed by atoms with Crippen LogP contribution in [0.2, 0.25) is 0 Å². The molecule has 0 saturated carbocycles. The summed E-state index contributed by atoms with van der Waals surface area (Å²) in [5, 5.41) is 9.52. The predicted octanol–water partition coefficient (Wildman–Crippen LogP) is 5.06. The van der Waals surface area contributed by atoms with Crippen molar-refractivity contribution in [3.8, 4) is 34.2 Å². The third kappa shape index (κ3) is 2.96. The summed E-state index contributed by atoms with van der Waals surface area (Å²) in [5.41, 5.74) is 3.96. The first-order valence-electron chi connectivity index (χ1n) is 7.04. The van der Waals surface area contributed by atoms with E-state index >= 15 is 0 Å². The second-order valence-electron chi connectivity index (χ2n) is 4.90. The first-order chi connectivity index (χ1) is 11.2. The zero-order valence-corrected chi connectivity index (χ0v) is 14.0. The molecule has 112 valence electrons. The van der Waals surface area contributed by atoms with Crippen LogP contribution in [0.25, 0.3) is 22.4 Å². The van der Waals surface area contributed by atoms with Gasteiger partial charge in [0.05, 0.1) is 18.4 Å². The van der Waals surface area contributed by atoms with Crippen molar-refractivity contribution in [2.75, 3.05) is 7.11 Å². The summed E-state index contributed by atoms with van der Waals surface area (Å²) in [6.45, 7) is 0. The summed E-state index contributed by atoms with van der Waals surface area (Å²) in [5.74, 6) is 0.723. The molecule has 0 bridgehead atoms. The van der Waals surface area contributed by atoms with E-state index in [0.29, 0.717) is 10.2 Å². The summed E-state index contributed by atoms with van der Waals surface area (Å²) in [6.07, 6.45) is 0. The summed E-state index contributed by atoms with van der Waals surface area (Å²) >= 11 is 3.42. The van der Waals surface area contributed by atoms with Crippen LogP contribution in [0, 0.1) is 11.3 Å². The maximum absolute atomic E-state index is 9.52. The standard InChI is InChI=1S/C19H13BrN2O/c1-23-18-10-6-5-9-14(18)15-11-17(13-7-3-2-4-8-13)22-19(20)16(15)12-21/h2-11H,1H3. The van der Waals surface area contributed by atoms with Gasteiger partial charge in [-0.25, -0.2) is 4.98 Å². The van der Waals surface area contributed by atoms with Gasteiger partial charge in [-0.3, -0.25) is 0 Å². The lowest BCUT2D eigenvalue weighted by Gasteiger charge is -2.12. The highest BCUT2D eigenvalue weighted by Gasteiger charge is 2.16. The zero-order chi connectivity index (χ0) is 16.2. The van der Waals surface area contributed by atoms with E-state index in [9.17, 15) is 5.26 Å². The summed E-state index contributed by atoms with van der Waals surface area (Å²) < 4.78 is 5.97. The molecule has 1 aromatic heterocycles. The third-order valence-corrected chi connectivity index (χ3v) is 4.13. The van der Waals surface area contributed by atoms with Gasteiger partial charge in [0.25, 0.3) is 0 Å². The Labute approximate surface area is 143 Å². The topological polar surface area (TPSA) is 45.9 Å². The number of rotatable bonds is 3. The molecule has 3 rings (SSSR count). The molecule has 0 spiro atoms. The Morgan fingerprint density at radius 2 is 1.70 bits per heavy atom. The smallest absolute Gasteiger partial charge is 0.126 e. The maximum Gasteiger partial charge on any atom is 0.126 e. The molecule has 0 radical (unpaired) electrons. The minimum Gasteiger partial charge on any atom is -0.496 e. The van der Waals surface area contributed by atoms with Gasteiger partial charge in [-0.1, -0.05) is 48.5 Å². The van der Waals surface area contributed by atoms with Crippen LogP contribution in [0.4, 0.5) is 0 Å². The number of pyridine rings is 1. The lowest BCUT2D eigenvalue weighted by atomic mass is 9.98. The maximum atomic E-state index is 9.52. The van der Waals surface area contributed by atoms with Crippen LogP contribution in [-0.4, -0.2) is 12.1 Å². The van der Waals surface area contributed by atoms with E-state index in [0.717, 1.165) is 28.1 Å². The molecule has 0 N–H and O–H groups in total.